The Kier molecular flexibility index (Phi) is 3.27. The standard InChI is InChI=1S/C14H16ClNO2/c15-10-5-3-4-9(8-10)14-16-13(17)11-6-1-2-7-12(11)18-14/h3-5,8,11-12,14H,1-2,6-7H2,(H,16,17). The first-order valence-electron chi connectivity index (χ1n) is 6.45. The van der Waals surface area contributed by atoms with Gasteiger partial charge in [-0.05, 0) is 25.0 Å². The summed E-state index contributed by atoms with van der Waals surface area (Å²) in [6, 6.07) is 7.47. The van der Waals surface area contributed by atoms with Gasteiger partial charge in [0.15, 0.2) is 6.23 Å². The van der Waals surface area contributed by atoms with Gasteiger partial charge >= 0.3 is 0 Å². The maximum absolute atomic E-state index is 12.1. The van der Waals surface area contributed by atoms with Crippen molar-refractivity contribution in [2.45, 2.75) is 38.0 Å². The second-order valence-corrected chi connectivity index (χ2v) is 5.45. The molecule has 1 amide bonds. The zero-order chi connectivity index (χ0) is 12.5. The van der Waals surface area contributed by atoms with Crippen LogP contribution in [-0.2, 0) is 9.53 Å². The summed E-state index contributed by atoms with van der Waals surface area (Å²) in [6.07, 6.45) is 3.91. The first kappa shape index (κ1) is 12.0. The normalized spacial score (nSPS) is 31.6. The molecular formula is C14H16ClNO2. The van der Waals surface area contributed by atoms with Gasteiger partial charge in [0, 0.05) is 10.6 Å². The van der Waals surface area contributed by atoms with Crippen molar-refractivity contribution in [1.29, 1.82) is 0 Å². The second-order valence-electron chi connectivity index (χ2n) is 5.01. The van der Waals surface area contributed by atoms with E-state index in [9.17, 15) is 4.79 Å². The molecule has 1 saturated heterocycles. The van der Waals surface area contributed by atoms with Crippen LogP contribution in [0.1, 0.15) is 37.5 Å². The summed E-state index contributed by atoms with van der Waals surface area (Å²) in [5.41, 5.74) is 0.917. The lowest BCUT2D eigenvalue weighted by molar-refractivity contribution is -0.159. The molecule has 0 radical (unpaired) electrons. The van der Waals surface area contributed by atoms with Crippen molar-refractivity contribution in [3.63, 3.8) is 0 Å². The number of nitrogens with one attached hydrogen (secondary N) is 1. The molecule has 1 aromatic rings. The highest BCUT2D eigenvalue weighted by molar-refractivity contribution is 6.30. The van der Waals surface area contributed by atoms with E-state index >= 15 is 0 Å². The molecule has 0 aromatic heterocycles. The van der Waals surface area contributed by atoms with E-state index in [-0.39, 0.29) is 24.2 Å². The Balaban J connectivity index is 1.81. The summed E-state index contributed by atoms with van der Waals surface area (Å²) in [4.78, 5) is 12.1. The zero-order valence-electron chi connectivity index (χ0n) is 10.1. The number of hydrogen-bond acceptors (Lipinski definition) is 2. The summed E-state index contributed by atoms with van der Waals surface area (Å²) < 4.78 is 6.01. The van der Waals surface area contributed by atoms with E-state index < -0.39 is 0 Å². The maximum Gasteiger partial charge on any atom is 0.227 e. The summed E-state index contributed by atoms with van der Waals surface area (Å²) in [7, 11) is 0. The van der Waals surface area contributed by atoms with Crippen molar-refractivity contribution in [3.05, 3.63) is 34.9 Å². The highest BCUT2D eigenvalue weighted by Crippen LogP contribution is 2.34. The molecule has 3 atom stereocenters. The van der Waals surface area contributed by atoms with Crippen molar-refractivity contribution in [2.24, 2.45) is 5.92 Å². The Morgan fingerprint density at radius 2 is 2.11 bits per heavy atom. The molecule has 1 N–H and O–H groups in total. The van der Waals surface area contributed by atoms with E-state index in [0.717, 1.165) is 31.2 Å². The van der Waals surface area contributed by atoms with Crippen molar-refractivity contribution in [1.82, 2.24) is 5.32 Å². The molecular weight excluding hydrogens is 250 g/mol. The van der Waals surface area contributed by atoms with Crippen LogP contribution >= 0.6 is 11.6 Å². The fraction of sp³-hybridized carbons (Fsp3) is 0.500. The van der Waals surface area contributed by atoms with E-state index in [1.165, 1.54) is 0 Å². The molecule has 0 spiro atoms. The van der Waals surface area contributed by atoms with Crippen LogP contribution in [0.5, 0.6) is 0 Å². The van der Waals surface area contributed by atoms with Crippen LogP contribution in [0, 0.1) is 5.92 Å². The second kappa shape index (κ2) is 4.90. The molecule has 3 rings (SSSR count). The average Bonchev–Trinajstić information content (AvgIpc) is 2.39. The molecule has 96 valence electrons. The van der Waals surface area contributed by atoms with Crippen molar-refractivity contribution < 1.29 is 9.53 Å². The van der Waals surface area contributed by atoms with E-state index in [2.05, 4.69) is 5.32 Å². The minimum Gasteiger partial charge on any atom is -0.350 e. The van der Waals surface area contributed by atoms with Gasteiger partial charge in [-0.15, -0.1) is 0 Å². The molecule has 3 unspecified atom stereocenters. The number of halogens is 1. The van der Waals surface area contributed by atoms with Crippen molar-refractivity contribution in [2.75, 3.05) is 0 Å². The minimum atomic E-state index is -0.351. The summed E-state index contributed by atoms with van der Waals surface area (Å²) in [6.45, 7) is 0. The van der Waals surface area contributed by atoms with Gasteiger partial charge in [-0.2, -0.15) is 0 Å². The molecule has 0 bridgehead atoms. The van der Waals surface area contributed by atoms with Crippen LogP contribution in [0.2, 0.25) is 5.02 Å². The fourth-order valence-electron chi connectivity index (χ4n) is 2.84. The zero-order valence-corrected chi connectivity index (χ0v) is 10.8. The Bertz CT molecular complexity index is 463. The predicted molar refractivity (Wildman–Crippen MR) is 69.2 cm³/mol. The summed E-state index contributed by atoms with van der Waals surface area (Å²) in [5.74, 6) is 0.158. The topological polar surface area (TPSA) is 38.3 Å². The van der Waals surface area contributed by atoms with Gasteiger partial charge in [-0.25, -0.2) is 0 Å². The first-order valence-corrected chi connectivity index (χ1v) is 6.83. The molecule has 18 heavy (non-hydrogen) atoms. The van der Waals surface area contributed by atoms with E-state index in [0.29, 0.717) is 5.02 Å². The maximum atomic E-state index is 12.1. The Morgan fingerprint density at radius 3 is 2.94 bits per heavy atom. The first-order chi connectivity index (χ1) is 8.74. The Morgan fingerprint density at radius 1 is 1.28 bits per heavy atom. The molecule has 2 fully saturated rings. The third-order valence-corrected chi connectivity index (χ3v) is 4.01. The van der Waals surface area contributed by atoms with Crippen LogP contribution < -0.4 is 5.32 Å². The SMILES string of the molecule is O=C1NC(c2cccc(Cl)c2)OC2CCCCC12. The third-order valence-electron chi connectivity index (χ3n) is 3.77. The number of benzene rings is 1. The van der Waals surface area contributed by atoms with Crippen LogP contribution in [-0.4, -0.2) is 12.0 Å². The molecule has 1 aliphatic carbocycles. The van der Waals surface area contributed by atoms with Crippen LogP contribution in [0.25, 0.3) is 0 Å². The van der Waals surface area contributed by atoms with Gasteiger partial charge in [0.2, 0.25) is 5.91 Å². The summed E-state index contributed by atoms with van der Waals surface area (Å²) in [5, 5.41) is 3.60. The smallest absolute Gasteiger partial charge is 0.227 e. The van der Waals surface area contributed by atoms with Crippen LogP contribution in [0.3, 0.4) is 0 Å². The third kappa shape index (κ3) is 2.25. The molecule has 1 heterocycles. The Labute approximate surface area is 111 Å². The number of carbonyl (C=O) groups is 1. The lowest BCUT2D eigenvalue weighted by Gasteiger charge is -2.39. The molecule has 1 saturated carbocycles. The average molecular weight is 266 g/mol. The fourth-order valence-corrected chi connectivity index (χ4v) is 3.04. The number of amides is 1. The largest absolute Gasteiger partial charge is 0.350 e. The van der Waals surface area contributed by atoms with Crippen LogP contribution in [0.15, 0.2) is 24.3 Å². The minimum absolute atomic E-state index is 0.0363. The van der Waals surface area contributed by atoms with E-state index in [4.69, 9.17) is 16.3 Å². The van der Waals surface area contributed by atoms with Crippen molar-refractivity contribution >= 4 is 17.5 Å². The highest BCUT2D eigenvalue weighted by Gasteiger charge is 2.38. The number of rotatable bonds is 1. The Hall–Kier alpha value is -1.06. The molecule has 1 aliphatic heterocycles. The van der Waals surface area contributed by atoms with Crippen molar-refractivity contribution in [3.8, 4) is 0 Å². The molecule has 4 heteroatoms. The van der Waals surface area contributed by atoms with Gasteiger partial charge in [-0.1, -0.05) is 36.6 Å². The summed E-state index contributed by atoms with van der Waals surface area (Å²) >= 11 is 5.97. The molecule has 2 aliphatic rings. The lowest BCUT2D eigenvalue weighted by atomic mass is 9.84. The monoisotopic (exact) mass is 265 g/mol. The quantitative estimate of drug-likeness (QED) is 0.848. The number of hydrogen-bond donors (Lipinski definition) is 1. The lowest BCUT2D eigenvalue weighted by Crippen LogP contribution is -2.49. The van der Waals surface area contributed by atoms with Gasteiger partial charge in [0.25, 0.3) is 0 Å². The highest BCUT2D eigenvalue weighted by atomic mass is 35.5. The van der Waals surface area contributed by atoms with Gasteiger partial charge < -0.3 is 10.1 Å². The molecule has 3 nitrogen and oxygen atoms in total. The number of fused-ring (bicyclic) bond motifs is 1. The number of ether oxygens (including phenoxy) is 1. The number of carbonyl (C=O) groups excluding carboxylic acids is 1. The predicted octanol–water partition coefficient (Wildman–Crippen LogP) is 3.04. The van der Waals surface area contributed by atoms with Gasteiger partial charge in [0.1, 0.15) is 0 Å². The van der Waals surface area contributed by atoms with Gasteiger partial charge in [0.05, 0.1) is 12.0 Å². The molecule has 1 aromatic carbocycles. The van der Waals surface area contributed by atoms with Crippen LogP contribution in [0.4, 0.5) is 0 Å². The van der Waals surface area contributed by atoms with E-state index in [1.807, 2.05) is 24.3 Å². The van der Waals surface area contributed by atoms with E-state index in [1.54, 1.807) is 0 Å². The van der Waals surface area contributed by atoms with Gasteiger partial charge in [-0.3, -0.25) is 4.79 Å².